The summed E-state index contributed by atoms with van der Waals surface area (Å²) < 4.78 is 5.22. The van der Waals surface area contributed by atoms with Gasteiger partial charge in [-0.05, 0) is 24.0 Å². The van der Waals surface area contributed by atoms with Gasteiger partial charge in [0.2, 0.25) is 0 Å². The molecule has 1 aromatic carbocycles. The lowest BCUT2D eigenvalue weighted by Crippen LogP contribution is -2.40. The number of nitrogens with zero attached hydrogens (tertiary/aromatic N) is 1. The molecule has 0 radical (unpaired) electrons. The van der Waals surface area contributed by atoms with Gasteiger partial charge in [-0.2, -0.15) is 0 Å². The average molecular weight is 376 g/mol. The highest BCUT2D eigenvalue weighted by molar-refractivity contribution is 7.09. The van der Waals surface area contributed by atoms with Crippen LogP contribution in [0.5, 0.6) is 0 Å². The van der Waals surface area contributed by atoms with Crippen molar-refractivity contribution in [2.45, 2.75) is 46.3 Å². The molecule has 2 rings (SSSR count). The van der Waals surface area contributed by atoms with Crippen LogP contribution in [0.4, 0.5) is 0 Å². The molecule has 1 amide bonds. The van der Waals surface area contributed by atoms with Crippen LogP contribution in [0.15, 0.2) is 35.7 Å². The van der Waals surface area contributed by atoms with Crippen LogP contribution in [0.2, 0.25) is 0 Å². The van der Waals surface area contributed by atoms with E-state index in [-0.39, 0.29) is 11.3 Å². The lowest BCUT2D eigenvalue weighted by molar-refractivity contribution is 0.0951. The Morgan fingerprint density at radius 3 is 2.62 bits per heavy atom. The smallest absolute Gasteiger partial charge is 0.251 e. The zero-order valence-corrected chi connectivity index (χ0v) is 16.9. The van der Waals surface area contributed by atoms with Gasteiger partial charge in [-0.3, -0.25) is 4.79 Å². The van der Waals surface area contributed by atoms with Gasteiger partial charge in [-0.15, -0.1) is 11.3 Å². The Labute approximate surface area is 160 Å². The molecule has 0 bridgehead atoms. The molecule has 2 N–H and O–H groups in total. The van der Waals surface area contributed by atoms with Crippen molar-refractivity contribution in [1.82, 2.24) is 15.6 Å². The minimum Gasteiger partial charge on any atom is -0.385 e. The van der Waals surface area contributed by atoms with E-state index in [1.807, 2.05) is 23.6 Å². The van der Waals surface area contributed by atoms with Crippen molar-refractivity contribution in [3.05, 3.63) is 52.0 Å². The Hall–Kier alpha value is -1.76. The third-order valence-electron chi connectivity index (χ3n) is 4.22. The molecule has 2 aromatic rings. The van der Waals surface area contributed by atoms with E-state index in [4.69, 9.17) is 4.74 Å². The van der Waals surface area contributed by atoms with Gasteiger partial charge in [0.15, 0.2) is 0 Å². The summed E-state index contributed by atoms with van der Waals surface area (Å²) in [5.41, 5.74) is 1.82. The maximum Gasteiger partial charge on any atom is 0.251 e. The summed E-state index contributed by atoms with van der Waals surface area (Å²) in [6.07, 6.45) is 0.962. The summed E-state index contributed by atoms with van der Waals surface area (Å²) in [6.45, 7) is 8.59. The second kappa shape index (κ2) is 9.80. The number of aromatic nitrogens is 1. The van der Waals surface area contributed by atoms with Crippen molar-refractivity contribution in [3.8, 4) is 0 Å². The molecule has 0 spiro atoms. The maximum absolute atomic E-state index is 12.1. The van der Waals surface area contributed by atoms with Crippen molar-refractivity contribution in [3.63, 3.8) is 0 Å². The number of thiazole rings is 1. The first-order valence-corrected chi connectivity index (χ1v) is 9.77. The molecule has 1 unspecified atom stereocenters. The maximum atomic E-state index is 12.1. The number of carbonyl (C=O) groups excluding carboxylic acids is 1. The SMILES string of the molecule is COCCC(NCc1csc(CNC(=O)c2ccccc2)n1)C(C)(C)C. The average Bonchev–Trinajstić information content (AvgIpc) is 3.07. The summed E-state index contributed by atoms with van der Waals surface area (Å²) in [6, 6.07) is 9.58. The number of carbonyl (C=O) groups is 1. The van der Waals surface area contributed by atoms with Crippen molar-refractivity contribution in [2.24, 2.45) is 5.41 Å². The quantitative estimate of drug-likeness (QED) is 0.703. The monoisotopic (exact) mass is 375 g/mol. The molecule has 0 aliphatic heterocycles. The fourth-order valence-corrected chi connectivity index (χ4v) is 3.40. The summed E-state index contributed by atoms with van der Waals surface area (Å²) in [4.78, 5) is 16.7. The third-order valence-corrected chi connectivity index (χ3v) is 5.12. The molecule has 0 saturated carbocycles. The Morgan fingerprint density at radius 2 is 1.96 bits per heavy atom. The topological polar surface area (TPSA) is 63.2 Å². The molecule has 1 atom stereocenters. The predicted octanol–water partition coefficient (Wildman–Crippen LogP) is 3.61. The number of hydrogen-bond acceptors (Lipinski definition) is 5. The molecular formula is C20H29N3O2S. The van der Waals surface area contributed by atoms with Gasteiger partial charge in [0, 0.05) is 37.2 Å². The van der Waals surface area contributed by atoms with Crippen LogP contribution < -0.4 is 10.6 Å². The first kappa shape index (κ1) is 20.6. The standard InChI is InChI=1S/C20H29N3O2S/c1-20(2,3)17(10-11-25-4)21-12-16-14-26-18(23-16)13-22-19(24)15-8-6-5-7-9-15/h5-9,14,17,21H,10-13H2,1-4H3,(H,22,24). The van der Waals surface area contributed by atoms with Crippen molar-refractivity contribution in [2.75, 3.05) is 13.7 Å². The zero-order chi connectivity index (χ0) is 19.0. The van der Waals surface area contributed by atoms with Gasteiger partial charge >= 0.3 is 0 Å². The number of ether oxygens (including phenoxy) is 1. The van der Waals surface area contributed by atoms with E-state index in [9.17, 15) is 4.79 Å². The summed E-state index contributed by atoms with van der Waals surface area (Å²) in [5.74, 6) is -0.0761. The van der Waals surface area contributed by atoms with Crippen molar-refractivity contribution >= 4 is 17.2 Å². The number of methoxy groups -OCH3 is 1. The van der Waals surface area contributed by atoms with Crippen LogP contribution in [0.3, 0.4) is 0 Å². The molecule has 26 heavy (non-hydrogen) atoms. The molecule has 0 fully saturated rings. The Bertz CT molecular complexity index is 680. The van der Waals surface area contributed by atoms with Gasteiger partial charge in [0.1, 0.15) is 5.01 Å². The normalized spacial score (nSPS) is 12.8. The van der Waals surface area contributed by atoms with Gasteiger partial charge in [-0.25, -0.2) is 4.98 Å². The molecular weight excluding hydrogens is 346 g/mol. The van der Waals surface area contributed by atoms with Crippen LogP contribution in [0, 0.1) is 5.41 Å². The van der Waals surface area contributed by atoms with E-state index in [1.54, 1.807) is 30.6 Å². The summed E-state index contributed by atoms with van der Waals surface area (Å²) >= 11 is 1.57. The minimum atomic E-state index is -0.0761. The van der Waals surface area contributed by atoms with Gasteiger partial charge < -0.3 is 15.4 Å². The number of hydrogen-bond donors (Lipinski definition) is 2. The highest BCUT2D eigenvalue weighted by Crippen LogP contribution is 2.22. The van der Waals surface area contributed by atoms with Gasteiger partial charge in [0.05, 0.1) is 12.2 Å². The Morgan fingerprint density at radius 1 is 1.23 bits per heavy atom. The lowest BCUT2D eigenvalue weighted by atomic mass is 9.85. The molecule has 0 aliphatic rings. The molecule has 5 nitrogen and oxygen atoms in total. The highest BCUT2D eigenvalue weighted by Gasteiger charge is 2.23. The van der Waals surface area contributed by atoms with Crippen LogP contribution in [-0.4, -0.2) is 30.6 Å². The first-order valence-electron chi connectivity index (χ1n) is 8.89. The number of rotatable bonds is 9. The second-order valence-electron chi connectivity index (χ2n) is 7.36. The Kier molecular flexibility index (Phi) is 7.75. The molecule has 0 saturated heterocycles. The molecule has 1 aromatic heterocycles. The number of amides is 1. The lowest BCUT2D eigenvalue weighted by Gasteiger charge is -2.31. The van der Waals surface area contributed by atoms with Crippen LogP contribution >= 0.6 is 11.3 Å². The van der Waals surface area contributed by atoms with E-state index in [0.29, 0.717) is 18.2 Å². The minimum absolute atomic E-state index is 0.0761. The van der Waals surface area contributed by atoms with Gasteiger partial charge in [0.25, 0.3) is 5.91 Å². The number of nitrogens with one attached hydrogen (secondary N) is 2. The first-order chi connectivity index (χ1) is 12.4. The fourth-order valence-electron chi connectivity index (χ4n) is 2.66. The van der Waals surface area contributed by atoms with Crippen molar-refractivity contribution in [1.29, 1.82) is 0 Å². The van der Waals surface area contributed by atoms with E-state index in [0.717, 1.165) is 30.3 Å². The molecule has 0 aliphatic carbocycles. The molecule has 6 heteroatoms. The molecule has 142 valence electrons. The summed E-state index contributed by atoms with van der Waals surface area (Å²) in [7, 11) is 1.73. The predicted molar refractivity (Wildman–Crippen MR) is 106 cm³/mol. The highest BCUT2D eigenvalue weighted by atomic mass is 32.1. The Balaban J connectivity index is 1.84. The van der Waals surface area contributed by atoms with E-state index >= 15 is 0 Å². The van der Waals surface area contributed by atoms with Crippen LogP contribution in [0.1, 0.15) is 48.3 Å². The van der Waals surface area contributed by atoms with E-state index in [1.165, 1.54) is 0 Å². The number of benzene rings is 1. The van der Waals surface area contributed by atoms with Crippen LogP contribution in [0.25, 0.3) is 0 Å². The van der Waals surface area contributed by atoms with Crippen LogP contribution in [-0.2, 0) is 17.8 Å². The third kappa shape index (κ3) is 6.52. The largest absolute Gasteiger partial charge is 0.385 e. The van der Waals surface area contributed by atoms with Crippen molar-refractivity contribution < 1.29 is 9.53 Å². The van der Waals surface area contributed by atoms with Gasteiger partial charge in [-0.1, -0.05) is 39.0 Å². The summed E-state index contributed by atoms with van der Waals surface area (Å²) in [5, 5.41) is 9.47. The molecule has 1 heterocycles. The second-order valence-corrected chi connectivity index (χ2v) is 8.30. The fraction of sp³-hybridized carbons (Fsp3) is 0.500. The van der Waals surface area contributed by atoms with E-state index < -0.39 is 0 Å². The van der Waals surface area contributed by atoms with E-state index in [2.05, 4.69) is 36.4 Å². The zero-order valence-electron chi connectivity index (χ0n) is 16.0.